The molecule has 5 aromatic rings. The van der Waals surface area contributed by atoms with Crippen molar-refractivity contribution >= 4 is 43.5 Å². The van der Waals surface area contributed by atoms with E-state index in [0.29, 0.717) is 40.8 Å². The van der Waals surface area contributed by atoms with E-state index in [-0.39, 0.29) is 18.8 Å². The number of aromatic nitrogens is 2. The van der Waals surface area contributed by atoms with Crippen LogP contribution < -0.4 is 10.5 Å². The van der Waals surface area contributed by atoms with Crippen LogP contribution in [0.25, 0.3) is 21.8 Å². The molecule has 0 atom stereocenters. The highest BCUT2D eigenvalue weighted by molar-refractivity contribution is 7.91. The lowest BCUT2D eigenvalue weighted by Gasteiger charge is -2.28. The van der Waals surface area contributed by atoms with Crippen molar-refractivity contribution in [2.75, 3.05) is 31.5 Å². The average molecular weight is 602 g/mol. The zero-order chi connectivity index (χ0) is 30.0. The second kappa shape index (κ2) is 12.2. The summed E-state index contributed by atoms with van der Waals surface area (Å²) < 4.78 is 41.5. The topological polar surface area (TPSA) is 133 Å². The van der Waals surface area contributed by atoms with Gasteiger partial charge in [-0.3, -0.25) is 4.72 Å². The van der Waals surface area contributed by atoms with Crippen LogP contribution in [0.4, 0.5) is 5.69 Å². The van der Waals surface area contributed by atoms with Gasteiger partial charge in [0.05, 0.1) is 37.1 Å². The van der Waals surface area contributed by atoms with Crippen LogP contribution in [0.2, 0.25) is 0 Å². The number of fused-ring (bicyclic) bond motifs is 2. The first-order valence-electron chi connectivity index (χ1n) is 14.4. The SMILES string of the molecule is CN1CCC(COC(=O)c2cc3ccc(CN)nc3n2Cc2cc(NS(=O)(=O)Cc3ccoc3)cc3ccccc23)CC1. The van der Waals surface area contributed by atoms with Gasteiger partial charge in [-0.1, -0.05) is 24.3 Å². The Labute approximate surface area is 250 Å². The number of ether oxygens (including phenoxy) is 1. The van der Waals surface area contributed by atoms with Crippen molar-refractivity contribution in [1.29, 1.82) is 0 Å². The van der Waals surface area contributed by atoms with Crippen molar-refractivity contribution in [2.45, 2.75) is 31.7 Å². The molecule has 224 valence electrons. The zero-order valence-electron chi connectivity index (χ0n) is 24.0. The van der Waals surface area contributed by atoms with Crippen molar-refractivity contribution in [1.82, 2.24) is 14.5 Å². The number of sulfonamides is 1. The molecule has 0 spiro atoms. The number of piperidine rings is 1. The first-order valence-corrected chi connectivity index (χ1v) is 16.0. The number of nitrogens with one attached hydrogen (secondary N) is 1. The van der Waals surface area contributed by atoms with E-state index in [1.54, 1.807) is 18.2 Å². The van der Waals surface area contributed by atoms with Gasteiger partial charge in [0.15, 0.2) is 0 Å². The summed E-state index contributed by atoms with van der Waals surface area (Å²) in [5.74, 6) is -0.296. The molecule has 1 aliphatic heterocycles. The van der Waals surface area contributed by atoms with Gasteiger partial charge in [-0.15, -0.1) is 0 Å². The Morgan fingerprint density at radius 1 is 1.09 bits per heavy atom. The second-order valence-corrected chi connectivity index (χ2v) is 13.0. The molecule has 0 saturated carbocycles. The number of pyridine rings is 1. The van der Waals surface area contributed by atoms with Gasteiger partial charge >= 0.3 is 5.97 Å². The maximum absolute atomic E-state index is 13.6. The number of furan rings is 1. The van der Waals surface area contributed by atoms with Crippen LogP contribution in [-0.2, 0) is 33.6 Å². The number of hydrogen-bond acceptors (Lipinski definition) is 8. The number of esters is 1. The number of carbonyl (C=O) groups excluding carboxylic acids is 1. The Bertz CT molecular complexity index is 1860. The molecule has 3 aromatic heterocycles. The van der Waals surface area contributed by atoms with Gasteiger partial charge in [0.2, 0.25) is 10.0 Å². The Hall–Kier alpha value is -4.19. The number of benzene rings is 2. The monoisotopic (exact) mass is 601 g/mol. The summed E-state index contributed by atoms with van der Waals surface area (Å²) in [6.45, 7) is 2.87. The maximum Gasteiger partial charge on any atom is 0.355 e. The zero-order valence-corrected chi connectivity index (χ0v) is 24.8. The molecule has 43 heavy (non-hydrogen) atoms. The number of carbonyl (C=O) groups is 1. The van der Waals surface area contributed by atoms with Gasteiger partial charge in [0.25, 0.3) is 0 Å². The predicted octanol–water partition coefficient (Wildman–Crippen LogP) is 4.73. The van der Waals surface area contributed by atoms with Gasteiger partial charge in [0.1, 0.15) is 11.3 Å². The van der Waals surface area contributed by atoms with Crippen molar-refractivity contribution in [3.8, 4) is 0 Å². The Morgan fingerprint density at radius 3 is 2.67 bits per heavy atom. The molecule has 11 heteroatoms. The molecule has 0 amide bonds. The highest BCUT2D eigenvalue weighted by atomic mass is 32.2. The largest absolute Gasteiger partial charge is 0.472 e. The van der Waals surface area contributed by atoms with E-state index in [4.69, 9.17) is 19.9 Å². The van der Waals surface area contributed by atoms with Crippen molar-refractivity contribution in [3.63, 3.8) is 0 Å². The van der Waals surface area contributed by atoms with Crippen molar-refractivity contribution < 1.29 is 22.4 Å². The third kappa shape index (κ3) is 6.58. The first-order chi connectivity index (χ1) is 20.8. The molecule has 0 bridgehead atoms. The lowest BCUT2D eigenvalue weighted by Crippen LogP contribution is -2.32. The third-order valence-electron chi connectivity index (χ3n) is 7.99. The van der Waals surface area contributed by atoms with Crippen LogP contribution >= 0.6 is 0 Å². The first kappa shape index (κ1) is 28.9. The lowest BCUT2D eigenvalue weighted by atomic mass is 9.98. The molecule has 1 fully saturated rings. The summed E-state index contributed by atoms with van der Waals surface area (Å²) in [5, 5.41) is 2.59. The Balaban J connectivity index is 1.35. The van der Waals surface area contributed by atoms with E-state index in [1.807, 2.05) is 47.0 Å². The van der Waals surface area contributed by atoms with Crippen molar-refractivity contribution in [2.24, 2.45) is 11.7 Å². The van der Waals surface area contributed by atoms with E-state index < -0.39 is 16.0 Å². The minimum Gasteiger partial charge on any atom is -0.472 e. The fourth-order valence-electron chi connectivity index (χ4n) is 5.67. The fraction of sp³-hybridized carbons (Fsp3) is 0.312. The number of likely N-dealkylation sites (tertiary alicyclic amines) is 1. The maximum atomic E-state index is 13.6. The van der Waals surface area contributed by atoms with Crippen LogP contribution in [0.1, 0.15) is 40.2 Å². The van der Waals surface area contributed by atoms with Gasteiger partial charge in [-0.05, 0) is 91.6 Å². The minimum absolute atomic E-state index is 0.215. The molecule has 1 aliphatic rings. The van der Waals surface area contributed by atoms with Crippen LogP contribution in [0.3, 0.4) is 0 Å². The number of hydrogen-bond donors (Lipinski definition) is 2. The van der Waals surface area contributed by atoms with E-state index in [1.165, 1.54) is 12.5 Å². The molecular formula is C32H35N5O5S. The number of rotatable bonds is 10. The van der Waals surface area contributed by atoms with E-state index >= 15 is 0 Å². The fourth-order valence-corrected chi connectivity index (χ4v) is 6.82. The summed E-state index contributed by atoms with van der Waals surface area (Å²) >= 11 is 0. The molecular weight excluding hydrogens is 566 g/mol. The standard InChI is InChI=1S/C32H35N5O5S/c1-36-11-8-22(9-12-36)20-42-32(38)30-16-25-6-7-27(17-33)34-31(25)37(30)18-26-15-28(14-24-4-2-3-5-29(24)26)35-43(39,40)21-23-10-13-41-19-23/h2-7,10,13-16,19,22,35H,8-9,11-12,17-18,20-21,33H2,1H3. The highest BCUT2D eigenvalue weighted by Crippen LogP contribution is 2.29. The van der Waals surface area contributed by atoms with E-state index in [2.05, 4.69) is 16.7 Å². The summed E-state index contributed by atoms with van der Waals surface area (Å²) in [6, 6.07) is 18.6. The quantitative estimate of drug-likeness (QED) is 0.220. The Kier molecular flexibility index (Phi) is 8.20. The molecule has 3 N–H and O–H groups in total. The van der Waals surface area contributed by atoms with Crippen LogP contribution in [0.5, 0.6) is 0 Å². The highest BCUT2D eigenvalue weighted by Gasteiger charge is 2.23. The van der Waals surface area contributed by atoms with E-state index in [9.17, 15) is 13.2 Å². The van der Waals surface area contributed by atoms with Gasteiger partial charge < -0.3 is 24.4 Å². The molecule has 4 heterocycles. The van der Waals surface area contributed by atoms with Crippen LogP contribution in [0.15, 0.2) is 77.6 Å². The van der Waals surface area contributed by atoms with Gasteiger partial charge in [-0.25, -0.2) is 18.2 Å². The van der Waals surface area contributed by atoms with Crippen LogP contribution in [0, 0.1) is 5.92 Å². The normalized spacial score (nSPS) is 14.8. The van der Waals surface area contributed by atoms with E-state index in [0.717, 1.165) is 47.7 Å². The third-order valence-corrected chi connectivity index (χ3v) is 9.25. The predicted molar refractivity (Wildman–Crippen MR) is 166 cm³/mol. The lowest BCUT2D eigenvalue weighted by molar-refractivity contribution is 0.0373. The summed E-state index contributed by atoms with van der Waals surface area (Å²) in [7, 11) is -1.61. The molecule has 6 rings (SSSR count). The average Bonchev–Trinajstić information content (AvgIpc) is 3.63. The molecule has 1 saturated heterocycles. The van der Waals surface area contributed by atoms with Gasteiger partial charge in [0, 0.05) is 23.2 Å². The van der Waals surface area contributed by atoms with Crippen molar-refractivity contribution in [3.05, 3.63) is 95.7 Å². The second-order valence-electron chi connectivity index (χ2n) is 11.2. The smallest absolute Gasteiger partial charge is 0.355 e. The number of nitrogens with zero attached hydrogens (tertiary/aromatic N) is 3. The summed E-state index contributed by atoms with van der Waals surface area (Å²) in [5.41, 5.74) is 9.42. The van der Waals surface area contributed by atoms with Crippen LogP contribution in [-0.4, -0.2) is 55.6 Å². The molecule has 0 aliphatic carbocycles. The summed E-state index contributed by atoms with van der Waals surface area (Å²) in [4.78, 5) is 20.6. The number of anilines is 1. The molecule has 0 radical (unpaired) electrons. The Morgan fingerprint density at radius 2 is 1.91 bits per heavy atom. The molecule has 2 aromatic carbocycles. The molecule has 0 unspecified atom stereocenters. The minimum atomic E-state index is -3.71. The number of nitrogens with two attached hydrogens (primary N) is 1. The summed E-state index contributed by atoms with van der Waals surface area (Å²) in [6.07, 6.45) is 4.84. The van der Waals surface area contributed by atoms with Gasteiger partial charge in [-0.2, -0.15) is 0 Å². The molecule has 10 nitrogen and oxygen atoms in total.